The average Bonchev–Trinajstić information content (AvgIpc) is 2.37. The fourth-order valence-electron chi connectivity index (χ4n) is 2.55. The molecule has 1 saturated carbocycles. The lowest BCUT2D eigenvalue weighted by Crippen LogP contribution is -2.20. The van der Waals surface area contributed by atoms with E-state index in [-0.39, 0.29) is 0 Å². The van der Waals surface area contributed by atoms with Gasteiger partial charge in [0.1, 0.15) is 0 Å². The van der Waals surface area contributed by atoms with Crippen LogP contribution in [0.5, 0.6) is 0 Å². The second-order valence-electron chi connectivity index (χ2n) is 5.35. The predicted molar refractivity (Wildman–Crippen MR) is 78.5 cm³/mol. The highest BCUT2D eigenvalue weighted by Crippen LogP contribution is 2.28. The topological polar surface area (TPSA) is 35.8 Å². The number of benzene rings is 1. The summed E-state index contributed by atoms with van der Waals surface area (Å²) in [4.78, 5) is 0. The highest BCUT2D eigenvalue weighted by atomic mass is 79.9. The molecule has 2 nitrogen and oxygen atoms in total. The fraction of sp³-hybridized carbons (Fsp3) is 0.533. The van der Waals surface area contributed by atoms with Gasteiger partial charge in [-0.05, 0) is 42.9 Å². The Morgan fingerprint density at radius 2 is 2.00 bits per heavy atom. The first-order valence-corrected chi connectivity index (χ1v) is 7.41. The van der Waals surface area contributed by atoms with Crippen molar-refractivity contribution in [1.82, 2.24) is 0 Å². The quantitative estimate of drug-likeness (QED) is 0.888. The van der Waals surface area contributed by atoms with Crippen LogP contribution in [0.3, 0.4) is 0 Å². The SMILES string of the molecule is CC1CCC(CNc2cc(Br)cc(C#N)c2)CC1. The number of halogens is 1. The molecular weight excluding hydrogens is 288 g/mol. The molecule has 0 heterocycles. The first-order chi connectivity index (χ1) is 8.67. The number of hydrogen-bond acceptors (Lipinski definition) is 2. The normalized spacial score (nSPS) is 23.4. The van der Waals surface area contributed by atoms with Gasteiger partial charge in [0.05, 0.1) is 11.6 Å². The highest BCUT2D eigenvalue weighted by Gasteiger charge is 2.17. The zero-order valence-corrected chi connectivity index (χ0v) is 12.3. The molecule has 1 aromatic carbocycles. The maximum atomic E-state index is 8.93. The summed E-state index contributed by atoms with van der Waals surface area (Å²) in [6, 6.07) is 7.97. The Bertz CT molecular complexity index is 442. The zero-order valence-electron chi connectivity index (χ0n) is 10.7. The van der Waals surface area contributed by atoms with Crippen LogP contribution >= 0.6 is 15.9 Å². The molecule has 0 bridgehead atoms. The van der Waals surface area contributed by atoms with E-state index in [0.717, 1.165) is 28.5 Å². The molecule has 0 saturated heterocycles. The van der Waals surface area contributed by atoms with Crippen LogP contribution in [0, 0.1) is 23.2 Å². The van der Waals surface area contributed by atoms with E-state index >= 15 is 0 Å². The highest BCUT2D eigenvalue weighted by molar-refractivity contribution is 9.10. The fourth-order valence-corrected chi connectivity index (χ4v) is 3.04. The molecule has 1 aliphatic carbocycles. The third-order valence-corrected chi connectivity index (χ3v) is 4.22. The van der Waals surface area contributed by atoms with Gasteiger partial charge >= 0.3 is 0 Å². The van der Waals surface area contributed by atoms with Crippen LogP contribution in [-0.2, 0) is 0 Å². The maximum Gasteiger partial charge on any atom is 0.0992 e. The van der Waals surface area contributed by atoms with Crippen molar-refractivity contribution in [3.63, 3.8) is 0 Å². The molecule has 1 N–H and O–H groups in total. The van der Waals surface area contributed by atoms with E-state index in [1.54, 1.807) is 0 Å². The summed E-state index contributed by atoms with van der Waals surface area (Å²) < 4.78 is 0.960. The molecular formula is C15H19BrN2. The summed E-state index contributed by atoms with van der Waals surface area (Å²) in [7, 11) is 0. The Kier molecular flexibility index (Phi) is 4.66. The number of hydrogen-bond donors (Lipinski definition) is 1. The van der Waals surface area contributed by atoms with Gasteiger partial charge < -0.3 is 5.32 Å². The van der Waals surface area contributed by atoms with Crippen LogP contribution in [0.1, 0.15) is 38.2 Å². The van der Waals surface area contributed by atoms with E-state index in [9.17, 15) is 0 Å². The van der Waals surface area contributed by atoms with Gasteiger partial charge in [-0.1, -0.05) is 35.7 Å². The summed E-state index contributed by atoms with van der Waals surface area (Å²) in [5.74, 6) is 1.68. The lowest BCUT2D eigenvalue weighted by molar-refractivity contribution is 0.300. The summed E-state index contributed by atoms with van der Waals surface area (Å²) >= 11 is 3.44. The third kappa shape index (κ3) is 3.74. The van der Waals surface area contributed by atoms with Crippen molar-refractivity contribution < 1.29 is 0 Å². The van der Waals surface area contributed by atoms with E-state index in [0.29, 0.717) is 5.56 Å². The van der Waals surface area contributed by atoms with Crippen LogP contribution in [0.25, 0.3) is 0 Å². The molecule has 0 aromatic heterocycles. The minimum absolute atomic E-state index is 0.698. The number of nitrogens with one attached hydrogen (secondary N) is 1. The molecule has 0 atom stereocenters. The van der Waals surface area contributed by atoms with Crippen LogP contribution in [0.4, 0.5) is 5.69 Å². The Hall–Kier alpha value is -1.01. The van der Waals surface area contributed by atoms with Gasteiger partial charge in [0, 0.05) is 16.7 Å². The van der Waals surface area contributed by atoms with Crippen molar-refractivity contribution in [2.75, 3.05) is 11.9 Å². The van der Waals surface area contributed by atoms with E-state index in [1.165, 1.54) is 25.7 Å². The second kappa shape index (κ2) is 6.24. The number of anilines is 1. The van der Waals surface area contributed by atoms with Gasteiger partial charge in [0.25, 0.3) is 0 Å². The van der Waals surface area contributed by atoms with Crippen molar-refractivity contribution in [2.24, 2.45) is 11.8 Å². The zero-order chi connectivity index (χ0) is 13.0. The molecule has 1 aromatic rings. The molecule has 2 rings (SSSR count). The molecule has 96 valence electrons. The second-order valence-corrected chi connectivity index (χ2v) is 6.26. The number of rotatable bonds is 3. The number of nitriles is 1. The van der Waals surface area contributed by atoms with Crippen molar-refractivity contribution >= 4 is 21.6 Å². The Morgan fingerprint density at radius 1 is 1.28 bits per heavy atom. The van der Waals surface area contributed by atoms with Gasteiger partial charge in [-0.25, -0.2) is 0 Å². The Labute approximate surface area is 118 Å². The number of nitrogens with zero attached hydrogens (tertiary/aromatic N) is 1. The van der Waals surface area contributed by atoms with Crippen molar-refractivity contribution in [3.05, 3.63) is 28.2 Å². The molecule has 0 unspecified atom stereocenters. The smallest absolute Gasteiger partial charge is 0.0992 e. The van der Waals surface area contributed by atoms with Crippen LogP contribution in [0.2, 0.25) is 0 Å². The van der Waals surface area contributed by atoms with Crippen molar-refractivity contribution in [2.45, 2.75) is 32.6 Å². The van der Waals surface area contributed by atoms with Gasteiger partial charge in [-0.3, -0.25) is 0 Å². The van der Waals surface area contributed by atoms with Gasteiger partial charge in [0.2, 0.25) is 0 Å². The largest absolute Gasteiger partial charge is 0.385 e. The molecule has 0 amide bonds. The third-order valence-electron chi connectivity index (χ3n) is 3.76. The standard InChI is InChI=1S/C15H19BrN2/c1-11-2-4-12(5-3-11)10-18-15-7-13(9-17)6-14(16)8-15/h6-8,11-12,18H,2-5,10H2,1H3. The Morgan fingerprint density at radius 3 is 2.67 bits per heavy atom. The van der Waals surface area contributed by atoms with Gasteiger partial charge in [0.15, 0.2) is 0 Å². The lowest BCUT2D eigenvalue weighted by atomic mass is 9.83. The predicted octanol–water partition coefficient (Wildman–Crippen LogP) is 4.56. The molecule has 18 heavy (non-hydrogen) atoms. The van der Waals surface area contributed by atoms with Crippen molar-refractivity contribution in [3.8, 4) is 6.07 Å². The monoisotopic (exact) mass is 306 g/mol. The van der Waals surface area contributed by atoms with Gasteiger partial charge in [-0.15, -0.1) is 0 Å². The molecule has 1 aliphatic rings. The van der Waals surface area contributed by atoms with Crippen LogP contribution in [-0.4, -0.2) is 6.54 Å². The van der Waals surface area contributed by atoms with E-state index < -0.39 is 0 Å². The summed E-state index contributed by atoms with van der Waals surface area (Å²) in [5, 5.41) is 12.4. The minimum atomic E-state index is 0.698. The average molecular weight is 307 g/mol. The lowest BCUT2D eigenvalue weighted by Gasteiger charge is -2.26. The molecule has 0 radical (unpaired) electrons. The van der Waals surface area contributed by atoms with E-state index in [2.05, 4.69) is 34.2 Å². The molecule has 1 fully saturated rings. The van der Waals surface area contributed by atoms with Gasteiger partial charge in [-0.2, -0.15) is 5.26 Å². The molecule has 3 heteroatoms. The van der Waals surface area contributed by atoms with Crippen LogP contribution < -0.4 is 5.32 Å². The summed E-state index contributed by atoms with van der Waals surface area (Å²) in [5.41, 5.74) is 1.74. The first kappa shape index (κ1) is 13.4. The summed E-state index contributed by atoms with van der Waals surface area (Å²) in [6.07, 6.45) is 5.36. The minimum Gasteiger partial charge on any atom is -0.385 e. The van der Waals surface area contributed by atoms with Crippen molar-refractivity contribution in [1.29, 1.82) is 5.26 Å². The summed E-state index contributed by atoms with van der Waals surface area (Å²) in [6.45, 7) is 3.37. The molecule has 0 aliphatic heterocycles. The maximum absolute atomic E-state index is 8.93. The Balaban J connectivity index is 1.90. The van der Waals surface area contributed by atoms with E-state index in [4.69, 9.17) is 5.26 Å². The van der Waals surface area contributed by atoms with Crippen LogP contribution in [0.15, 0.2) is 22.7 Å². The van der Waals surface area contributed by atoms with E-state index in [1.807, 2.05) is 18.2 Å². The molecule has 0 spiro atoms. The first-order valence-electron chi connectivity index (χ1n) is 6.62.